The number of aromatic nitrogens is 2. The molecule has 80 heavy (non-hydrogen) atoms. The lowest BCUT2D eigenvalue weighted by molar-refractivity contribution is 0.460. The lowest BCUT2D eigenvalue weighted by Gasteiger charge is -2.11. The van der Waals surface area contributed by atoms with Crippen molar-refractivity contribution in [2.75, 3.05) is 0 Å². The van der Waals surface area contributed by atoms with Crippen molar-refractivity contribution in [3.05, 3.63) is 308 Å². The minimum Gasteiger partial charge on any atom is -0.508 e. The lowest BCUT2D eigenvalue weighted by atomic mass is 10.0. The zero-order chi connectivity index (χ0) is 53.3. The number of ether oxygens (including phenoxy) is 3. The summed E-state index contributed by atoms with van der Waals surface area (Å²) >= 11 is 3.40. The van der Waals surface area contributed by atoms with Gasteiger partial charge in [0.05, 0.1) is 22.1 Å². The normalized spacial score (nSPS) is 10.8. The molecule has 0 saturated carbocycles. The standard InChI is InChI=1S/C36H25NO2.C24H17NO.C12H9BrO.CH4/c1-2-11-29(12-3-1)38-31-14-9-15-32(25-31)39-30-13-8-10-27(24-30)26-20-22-28(23-21-26)37-35-18-6-4-16-33(35)34-17-5-7-19-36(34)37;26-20-7-5-6-18(16-20)17-12-14-19(15-13-17)25-23-10-3-1-8-21(23)22-9-2-4-11-24(22)25;13-10-5-4-8-12(9-10)14-11-6-2-1-3-7-11;/h1-25H;1-16,26H;1-9H;1H4. The van der Waals surface area contributed by atoms with Crippen LogP contribution in [0.4, 0.5) is 0 Å². The van der Waals surface area contributed by atoms with Crippen LogP contribution in [0.1, 0.15) is 7.43 Å². The van der Waals surface area contributed by atoms with Gasteiger partial charge in [-0.05, 0) is 150 Å². The molecule has 0 saturated heterocycles. The van der Waals surface area contributed by atoms with Crippen LogP contribution >= 0.6 is 15.9 Å². The molecule has 0 aliphatic rings. The molecule has 0 radical (unpaired) electrons. The molecule has 388 valence electrons. The van der Waals surface area contributed by atoms with Gasteiger partial charge in [0, 0.05) is 43.5 Å². The van der Waals surface area contributed by atoms with Crippen molar-refractivity contribution in [3.63, 3.8) is 0 Å². The molecule has 14 aromatic rings. The quantitative estimate of drug-likeness (QED) is 0.148. The Balaban J connectivity index is 0.000000141. The molecule has 0 unspecified atom stereocenters. The van der Waals surface area contributed by atoms with Gasteiger partial charge in [-0.15, -0.1) is 0 Å². The highest BCUT2D eigenvalue weighted by molar-refractivity contribution is 9.10. The smallest absolute Gasteiger partial charge is 0.131 e. The Bertz CT molecular complexity index is 4260. The predicted octanol–water partition coefficient (Wildman–Crippen LogP) is 21.1. The second-order valence-corrected chi connectivity index (χ2v) is 19.7. The van der Waals surface area contributed by atoms with Crippen molar-refractivity contribution in [2.24, 2.45) is 0 Å². The SMILES string of the molecule is Brc1cccc(Oc2ccccc2)c1.C.Oc1cccc(-c2ccc(-n3c4ccccc4c4ccccc43)cc2)c1.c1ccc(Oc2cccc(Oc3cccc(-c4ccc(-n5c6ccccc6c6ccccc65)cc4)c3)c2)cc1. The molecule has 0 aliphatic heterocycles. The summed E-state index contributed by atoms with van der Waals surface area (Å²) in [6.45, 7) is 0. The monoisotopic (exact) mass is 1100 g/mol. The third-order valence-corrected chi connectivity index (χ3v) is 14.0. The molecular weight excluding hydrogens is 1050 g/mol. The first-order valence-corrected chi connectivity index (χ1v) is 26.8. The zero-order valence-electron chi connectivity index (χ0n) is 42.8. The molecule has 0 aliphatic carbocycles. The predicted molar refractivity (Wildman–Crippen MR) is 335 cm³/mol. The molecule has 6 nitrogen and oxygen atoms in total. The van der Waals surface area contributed by atoms with Crippen molar-refractivity contribution in [1.29, 1.82) is 0 Å². The zero-order valence-corrected chi connectivity index (χ0v) is 44.4. The summed E-state index contributed by atoms with van der Waals surface area (Å²) in [6.07, 6.45) is 0. The molecule has 2 heterocycles. The molecule has 0 spiro atoms. The first-order valence-electron chi connectivity index (χ1n) is 26.0. The fraction of sp³-hybridized carbons (Fsp3) is 0.0137. The van der Waals surface area contributed by atoms with E-state index < -0.39 is 0 Å². The van der Waals surface area contributed by atoms with E-state index >= 15 is 0 Å². The average Bonchev–Trinajstić information content (AvgIpc) is 4.21. The minimum absolute atomic E-state index is 0. The van der Waals surface area contributed by atoms with Gasteiger partial charge in [0.25, 0.3) is 0 Å². The highest BCUT2D eigenvalue weighted by Crippen LogP contribution is 2.36. The van der Waals surface area contributed by atoms with Gasteiger partial charge in [0.1, 0.15) is 40.2 Å². The van der Waals surface area contributed by atoms with Crippen molar-refractivity contribution >= 4 is 59.5 Å². The topological polar surface area (TPSA) is 57.8 Å². The molecule has 0 fully saturated rings. The van der Waals surface area contributed by atoms with E-state index in [1.54, 1.807) is 12.1 Å². The Morgan fingerprint density at radius 3 is 1.01 bits per heavy atom. The number of halogens is 1. The van der Waals surface area contributed by atoms with E-state index in [2.05, 4.69) is 183 Å². The van der Waals surface area contributed by atoms with Crippen LogP contribution < -0.4 is 14.2 Å². The molecule has 14 rings (SSSR count). The number of fused-ring (bicyclic) bond motifs is 6. The summed E-state index contributed by atoms with van der Waals surface area (Å²) in [5.41, 5.74) is 11.4. The second-order valence-electron chi connectivity index (χ2n) is 18.8. The number of rotatable bonds is 10. The summed E-state index contributed by atoms with van der Waals surface area (Å²) in [7, 11) is 0. The van der Waals surface area contributed by atoms with Crippen LogP contribution in [0.3, 0.4) is 0 Å². The van der Waals surface area contributed by atoms with E-state index in [4.69, 9.17) is 14.2 Å². The molecular formula is C73H55BrN2O4. The minimum atomic E-state index is 0. The van der Waals surface area contributed by atoms with E-state index in [0.717, 1.165) is 72.6 Å². The van der Waals surface area contributed by atoms with Crippen LogP contribution in [0.25, 0.3) is 77.2 Å². The highest BCUT2D eigenvalue weighted by Gasteiger charge is 2.14. The largest absolute Gasteiger partial charge is 0.508 e. The van der Waals surface area contributed by atoms with Crippen molar-refractivity contribution < 1.29 is 19.3 Å². The average molecular weight is 1100 g/mol. The highest BCUT2D eigenvalue weighted by atomic mass is 79.9. The van der Waals surface area contributed by atoms with Crippen LogP contribution in [0, 0.1) is 0 Å². The van der Waals surface area contributed by atoms with Crippen LogP contribution in [-0.2, 0) is 0 Å². The van der Waals surface area contributed by atoms with Gasteiger partial charge in [0.2, 0.25) is 0 Å². The summed E-state index contributed by atoms with van der Waals surface area (Å²) in [6, 6.07) is 102. The molecule has 12 aromatic carbocycles. The number of phenolic OH excluding ortho intramolecular Hbond substituents is 1. The van der Waals surface area contributed by atoms with E-state index in [0.29, 0.717) is 0 Å². The van der Waals surface area contributed by atoms with Crippen molar-refractivity contribution in [2.45, 2.75) is 7.43 Å². The van der Waals surface area contributed by atoms with E-state index in [9.17, 15) is 5.11 Å². The van der Waals surface area contributed by atoms with E-state index in [1.807, 2.05) is 133 Å². The number of para-hydroxylation sites is 6. The van der Waals surface area contributed by atoms with Crippen molar-refractivity contribution in [1.82, 2.24) is 9.13 Å². The summed E-state index contributed by atoms with van der Waals surface area (Å²) in [5.74, 6) is 5.00. The molecule has 7 heteroatoms. The number of hydrogen-bond acceptors (Lipinski definition) is 4. The van der Waals surface area contributed by atoms with Gasteiger partial charge in [-0.3, -0.25) is 0 Å². The summed E-state index contributed by atoms with van der Waals surface area (Å²) in [5, 5.41) is 14.8. The summed E-state index contributed by atoms with van der Waals surface area (Å²) < 4.78 is 23.5. The third-order valence-electron chi connectivity index (χ3n) is 13.6. The number of aromatic hydroxyl groups is 1. The Labute approximate surface area is 474 Å². The van der Waals surface area contributed by atoms with Gasteiger partial charge in [0.15, 0.2) is 0 Å². The van der Waals surface area contributed by atoms with Gasteiger partial charge < -0.3 is 28.5 Å². The van der Waals surface area contributed by atoms with Gasteiger partial charge in [-0.2, -0.15) is 0 Å². The maximum Gasteiger partial charge on any atom is 0.131 e. The Kier molecular flexibility index (Phi) is 15.6. The molecule has 0 amide bonds. The molecule has 1 N–H and O–H groups in total. The van der Waals surface area contributed by atoms with Crippen molar-refractivity contribution in [3.8, 4) is 73.9 Å². The Morgan fingerprint density at radius 1 is 0.263 bits per heavy atom. The number of phenols is 1. The fourth-order valence-electron chi connectivity index (χ4n) is 9.95. The van der Waals surface area contributed by atoms with Gasteiger partial charge in [-0.25, -0.2) is 0 Å². The maximum absolute atomic E-state index is 9.71. The van der Waals surface area contributed by atoms with Gasteiger partial charge in [-0.1, -0.05) is 193 Å². The number of nitrogens with zero attached hydrogens (tertiary/aromatic N) is 2. The summed E-state index contributed by atoms with van der Waals surface area (Å²) in [4.78, 5) is 0. The first-order chi connectivity index (χ1) is 39.0. The molecule has 0 atom stereocenters. The van der Waals surface area contributed by atoms with Crippen LogP contribution in [0.15, 0.2) is 308 Å². The molecule has 0 bridgehead atoms. The van der Waals surface area contributed by atoms with Crippen LogP contribution in [0.2, 0.25) is 0 Å². The van der Waals surface area contributed by atoms with Crippen LogP contribution in [-0.4, -0.2) is 14.2 Å². The Morgan fingerprint density at radius 2 is 0.588 bits per heavy atom. The second kappa shape index (κ2) is 24.1. The molecule has 2 aromatic heterocycles. The third kappa shape index (κ3) is 11.6. The van der Waals surface area contributed by atoms with Gasteiger partial charge >= 0.3 is 0 Å². The lowest BCUT2D eigenvalue weighted by Crippen LogP contribution is -1.93. The number of hydrogen-bond donors (Lipinski definition) is 1. The van der Waals surface area contributed by atoms with E-state index in [-0.39, 0.29) is 13.2 Å². The first kappa shape index (κ1) is 52.0. The van der Waals surface area contributed by atoms with E-state index in [1.165, 1.54) is 43.6 Å². The number of benzene rings is 12. The maximum atomic E-state index is 9.71. The fourth-order valence-corrected chi connectivity index (χ4v) is 10.3. The Hall–Kier alpha value is -10.1. The van der Waals surface area contributed by atoms with Crippen LogP contribution in [0.5, 0.6) is 40.2 Å².